The number of allylic oxidation sites excluding steroid dienone is 12. The number of rotatable bonds is 15. The van der Waals surface area contributed by atoms with Gasteiger partial charge in [-0.3, -0.25) is 15.0 Å². The average Bonchev–Trinajstić information content (AvgIpc) is 3.35. The van der Waals surface area contributed by atoms with Crippen LogP contribution in [0.1, 0.15) is 66.6 Å². The molecule has 0 N–H and O–H groups in total. The highest BCUT2D eigenvalue weighted by Gasteiger charge is 2.14. The highest BCUT2D eigenvalue weighted by molar-refractivity contribution is 6.09. The number of aromatic nitrogens is 2. The molecule has 5 aromatic carbocycles. The van der Waals surface area contributed by atoms with Crippen molar-refractivity contribution >= 4 is 29.5 Å². The van der Waals surface area contributed by atoms with Crippen LogP contribution in [0.4, 0.5) is 0 Å². The van der Waals surface area contributed by atoms with E-state index in [9.17, 15) is 0 Å². The first-order valence-electron chi connectivity index (χ1n) is 22.6. The van der Waals surface area contributed by atoms with Crippen LogP contribution in [0.25, 0.3) is 57.4 Å². The minimum atomic E-state index is 0.924. The van der Waals surface area contributed by atoms with E-state index < -0.39 is 0 Å². The molecule has 0 atom stereocenters. The maximum Gasteiger partial charge on any atom is 0.0705 e. The Balaban J connectivity index is 1.35. The van der Waals surface area contributed by atoms with E-state index in [2.05, 4.69) is 217 Å². The molecule has 2 aromatic heterocycles. The van der Waals surface area contributed by atoms with E-state index in [0.29, 0.717) is 0 Å². The lowest BCUT2D eigenvalue weighted by Crippen LogP contribution is -1.96. The zero-order chi connectivity index (χ0) is 46.1. The summed E-state index contributed by atoms with van der Waals surface area (Å²) in [6.45, 7) is 12.7. The SMILES string of the molecule is C\C=C/C=C\C(=C\c1cnc(-c2ccccc2)cc1C)C(=C\C)\C=C(/C=C/c1ccccc1/C=C/N=C(\C=C(C)C)c1ccccc1)c1ccccc1-c1cnc(-c2ccccc2)cc1C. The van der Waals surface area contributed by atoms with Gasteiger partial charge < -0.3 is 0 Å². The third kappa shape index (κ3) is 12.2. The van der Waals surface area contributed by atoms with Crippen LogP contribution in [0.2, 0.25) is 0 Å². The number of pyridine rings is 2. The fourth-order valence-electron chi connectivity index (χ4n) is 7.71. The average molecular weight is 856 g/mol. The molecule has 7 aromatic rings. The van der Waals surface area contributed by atoms with Crippen LogP contribution in [0, 0.1) is 13.8 Å². The fraction of sp³-hybridized carbons (Fsp3) is 0.0952. The van der Waals surface area contributed by atoms with E-state index in [4.69, 9.17) is 15.0 Å². The molecule has 0 aliphatic rings. The van der Waals surface area contributed by atoms with Crippen molar-refractivity contribution in [2.24, 2.45) is 4.99 Å². The number of hydrogen-bond donors (Lipinski definition) is 0. The van der Waals surface area contributed by atoms with E-state index in [1.165, 1.54) is 5.57 Å². The Kier molecular flexibility index (Phi) is 16.1. The summed E-state index contributed by atoms with van der Waals surface area (Å²) in [6, 6.07) is 52.5. The first kappa shape index (κ1) is 46.0. The molecule has 0 spiro atoms. The third-order valence-corrected chi connectivity index (χ3v) is 11.2. The van der Waals surface area contributed by atoms with Crippen molar-refractivity contribution in [3.8, 4) is 33.6 Å². The highest BCUT2D eigenvalue weighted by Crippen LogP contribution is 2.35. The Labute approximate surface area is 392 Å². The van der Waals surface area contributed by atoms with Crippen molar-refractivity contribution in [2.75, 3.05) is 0 Å². The molecule has 3 nitrogen and oxygen atoms in total. The summed E-state index contributed by atoms with van der Waals surface area (Å²) in [6.07, 6.45) is 29.7. The topological polar surface area (TPSA) is 38.1 Å². The second-order valence-electron chi connectivity index (χ2n) is 16.3. The van der Waals surface area contributed by atoms with E-state index >= 15 is 0 Å². The summed E-state index contributed by atoms with van der Waals surface area (Å²) in [7, 11) is 0. The van der Waals surface area contributed by atoms with E-state index in [0.717, 1.165) is 95.0 Å². The monoisotopic (exact) mass is 855 g/mol. The van der Waals surface area contributed by atoms with Gasteiger partial charge in [0.1, 0.15) is 0 Å². The predicted molar refractivity (Wildman–Crippen MR) is 285 cm³/mol. The third-order valence-electron chi connectivity index (χ3n) is 11.2. The van der Waals surface area contributed by atoms with Gasteiger partial charge in [-0.15, -0.1) is 0 Å². The Hall–Kier alpha value is -8.01. The van der Waals surface area contributed by atoms with Gasteiger partial charge in [0, 0.05) is 40.8 Å². The van der Waals surface area contributed by atoms with Gasteiger partial charge in [0.05, 0.1) is 17.1 Å². The van der Waals surface area contributed by atoms with Crippen molar-refractivity contribution in [1.29, 1.82) is 0 Å². The summed E-state index contributed by atoms with van der Waals surface area (Å²) in [5, 5.41) is 0. The van der Waals surface area contributed by atoms with Crippen molar-refractivity contribution in [3.05, 3.63) is 275 Å². The zero-order valence-electron chi connectivity index (χ0n) is 38.9. The summed E-state index contributed by atoms with van der Waals surface area (Å²) >= 11 is 0. The maximum absolute atomic E-state index is 4.99. The second kappa shape index (κ2) is 23.1. The van der Waals surface area contributed by atoms with Crippen LogP contribution >= 0.6 is 0 Å². The summed E-state index contributed by atoms with van der Waals surface area (Å²) in [5.41, 5.74) is 19.3. The Morgan fingerprint density at radius 2 is 1.12 bits per heavy atom. The van der Waals surface area contributed by atoms with Gasteiger partial charge in [-0.1, -0.05) is 188 Å². The molecule has 0 radical (unpaired) electrons. The number of benzene rings is 5. The van der Waals surface area contributed by atoms with Crippen molar-refractivity contribution < 1.29 is 0 Å². The van der Waals surface area contributed by atoms with Gasteiger partial charge in [0.15, 0.2) is 0 Å². The summed E-state index contributed by atoms with van der Waals surface area (Å²) in [4.78, 5) is 14.8. The molecule has 0 aliphatic carbocycles. The Morgan fingerprint density at radius 3 is 1.74 bits per heavy atom. The molecule has 3 heteroatoms. The number of nitrogens with zero attached hydrogens (tertiary/aromatic N) is 3. The lowest BCUT2D eigenvalue weighted by Gasteiger charge is -2.16. The molecule has 0 fully saturated rings. The van der Waals surface area contributed by atoms with Gasteiger partial charge >= 0.3 is 0 Å². The van der Waals surface area contributed by atoms with Crippen LogP contribution in [0.15, 0.2) is 241 Å². The molecule has 66 heavy (non-hydrogen) atoms. The second-order valence-corrected chi connectivity index (χ2v) is 16.3. The standard InChI is InChI=1S/C63H57N3/c1-7-9-13-32-55(43-57-44-65-62(40-47(57)5)53-28-16-11-17-29-53)49(8-2)42-56(58-33-22-23-34-59(58)60-45-66-63(41-48(60)6)54-30-18-12-19-31-54)36-35-50-24-20-21-25-51(50)37-38-64-61(39-46(3)4)52-26-14-10-15-27-52/h7-45H,1-6H3/b9-7-,32-13-,36-35+,38-37+,49-8+,55-43-,56-42+,64-61+. The lowest BCUT2D eigenvalue weighted by molar-refractivity contribution is 1.27. The zero-order valence-corrected chi connectivity index (χ0v) is 38.9. The molecule has 0 saturated carbocycles. The van der Waals surface area contributed by atoms with Crippen LogP contribution in [0.5, 0.6) is 0 Å². The minimum absolute atomic E-state index is 0.924. The fourth-order valence-corrected chi connectivity index (χ4v) is 7.71. The van der Waals surface area contributed by atoms with Gasteiger partial charge in [0.2, 0.25) is 0 Å². The summed E-state index contributed by atoms with van der Waals surface area (Å²) < 4.78 is 0. The normalized spacial score (nSPS) is 12.8. The molecule has 2 heterocycles. The highest BCUT2D eigenvalue weighted by atomic mass is 14.7. The van der Waals surface area contributed by atoms with Gasteiger partial charge in [0.25, 0.3) is 0 Å². The molecule has 0 amide bonds. The molecule has 0 aliphatic heterocycles. The Morgan fingerprint density at radius 1 is 0.530 bits per heavy atom. The van der Waals surface area contributed by atoms with Crippen LogP contribution in [-0.2, 0) is 0 Å². The Bertz CT molecular complexity index is 3040. The van der Waals surface area contributed by atoms with Crippen LogP contribution < -0.4 is 0 Å². The first-order chi connectivity index (χ1) is 32.3. The van der Waals surface area contributed by atoms with Gasteiger partial charge in [-0.05, 0) is 134 Å². The number of hydrogen-bond acceptors (Lipinski definition) is 3. The number of aliphatic imine (C=N–C) groups is 1. The molecular formula is C63H57N3. The maximum atomic E-state index is 4.99. The molecule has 7 rings (SSSR count). The molecule has 324 valence electrons. The first-order valence-corrected chi connectivity index (χ1v) is 22.6. The predicted octanol–water partition coefficient (Wildman–Crippen LogP) is 16.8. The van der Waals surface area contributed by atoms with E-state index in [1.807, 2.05) is 61.9 Å². The molecule has 0 unspecified atom stereocenters. The van der Waals surface area contributed by atoms with E-state index in [-0.39, 0.29) is 0 Å². The minimum Gasteiger partial charge on any atom is -0.256 e. The lowest BCUT2D eigenvalue weighted by atomic mass is 9.89. The summed E-state index contributed by atoms with van der Waals surface area (Å²) in [5.74, 6) is 0. The largest absolute Gasteiger partial charge is 0.256 e. The van der Waals surface area contributed by atoms with Crippen molar-refractivity contribution in [1.82, 2.24) is 9.97 Å². The van der Waals surface area contributed by atoms with E-state index in [1.54, 1.807) is 0 Å². The van der Waals surface area contributed by atoms with Crippen LogP contribution in [0.3, 0.4) is 0 Å². The van der Waals surface area contributed by atoms with Crippen molar-refractivity contribution in [2.45, 2.75) is 41.5 Å². The quantitative estimate of drug-likeness (QED) is 0.0761. The number of aryl methyl sites for hydroxylation is 2. The molecule has 0 saturated heterocycles. The molecular weight excluding hydrogens is 799 g/mol. The molecule has 0 bridgehead atoms. The van der Waals surface area contributed by atoms with Crippen molar-refractivity contribution in [3.63, 3.8) is 0 Å². The van der Waals surface area contributed by atoms with Gasteiger partial charge in [-0.2, -0.15) is 0 Å². The smallest absolute Gasteiger partial charge is 0.0705 e. The van der Waals surface area contributed by atoms with Crippen LogP contribution in [-0.4, -0.2) is 15.7 Å². The van der Waals surface area contributed by atoms with Gasteiger partial charge in [-0.25, -0.2) is 0 Å².